The third kappa shape index (κ3) is 3.95. The summed E-state index contributed by atoms with van der Waals surface area (Å²) in [6.45, 7) is 10.3. The minimum atomic E-state index is -0.0208. The third-order valence-corrected chi connectivity index (χ3v) is 4.93. The molecule has 2 aromatic rings. The molecular formula is C20H27N5O. The number of aromatic nitrogens is 2. The first-order chi connectivity index (χ1) is 12.6. The summed E-state index contributed by atoms with van der Waals surface area (Å²) in [7, 11) is 0. The Morgan fingerprint density at radius 2 is 1.92 bits per heavy atom. The molecule has 1 aliphatic rings. The lowest BCUT2D eigenvalue weighted by Crippen LogP contribution is -2.49. The molecule has 1 aliphatic heterocycles. The minimum Gasteiger partial charge on any atom is -0.370 e. The van der Waals surface area contributed by atoms with Gasteiger partial charge in [0, 0.05) is 44.5 Å². The molecule has 6 nitrogen and oxygen atoms in total. The summed E-state index contributed by atoms with van der Waals surface area (Å²) in [5.41, 5.74) is 4.34. The fraction of sp³-hybridized carbons (Fsp3) is 0.450. The molecule has 2 heterocycles. The Morgan fingerprint density at radius 3 is 2.65 bits per heavy atom. The van der Waals surface area contributed by atoms with Crippen LogP contribution < -0.4 is 10.2 Å². The van der Waals surface area contributed by atoms with Crippen LogP contribution in [0.5, 0.6) is 0 Å². The number of nitrogens with zero attached hydrogens (tertiary/aromatic N) is 4. The number of hydrogen-bond donors (Lipinski definition) is 1. The monoisotopic (exact) mass is 353 g/mol. The van der Waals surface area contributed by atoms with E-state index in [4.69, 9.17) is 0 Å². The van der Waals surface area contributed by atoms with Crippen molar-refractivity contribution in [2.75, 3.05) is 42.9 Å². The van der Waals surface area contributed by atoms with Crippen molar-refractivity contribution >= 4 is 17.4 Å². The quantitative estimate of drug-likeness (QED) is 0.896. The van der Waals surface area contributed by atoms with Crippen LogP contribution in [0.4, 0.5) is 11.5 Å². The number of nitrogens with one attached hydrogen (secondary N) is 1. The predicted molar refractivity (Wildman–Crippen MR) is 105 cm³/mol. The van der Waals surface area contributed by atoms with Gasteiger partial charge in [-0.25, -0.2) is 9.97 Å². The molecule has 0 unspecified atom stereocenters. The molecule has 1 fully saturated rings. The van der Waals surface area contributed by atoms with E-state index in [0.29, 0.717) is 24.6 Å². The first-order valence-electron chi connectivity index (χ1n) is 9.26. The zero-order chi connectivity index (χ0) is 18.5. The van der Waals surface area contributed by atoms with Crippen LogP contribution >= 0.6 is 0 Å². The van der Waals surface area contributed by atoms with Gasteiger partial charge in [0.05, 0.1) is 0 Å². The first kappa shape index (κ1) is 18.2. The molecule has 1 aromatic heterocycles. The molecule has 0 aliphatic carbocycles. The van der Waals surface area contributed by atoms with Gasteiger partial charge in [-0.2, -0.15) is 0 Å². The van der Waals surface area contributed by atoms with E-state index in [0.717, 1.165) is 26.1 Å². The summed E-state index contributed by atoms with van der Waals surface area (Å²) in [4.78, 5) is 25.4. The molecule has 0 atom stereocenters. The average Bonchev–Trinajstić information content (AvgIpc) is 2.68. The van der Waals surface area contributed by atoms with Crippen molar-refractivity contribution in [2.24, 2.45) is 0 Å². The van der Waals surface area contributed by atoms with E-state index in [1.807, 2.05) is 4.90 Å². The van der Waals surface area contributed by atoms with Gasteiger partial charge < -0.3 is 15.1 Å². The number of carbonyl (C=O) groups excluding carboxylic acids is 1. The number of amides is 1. The van der Waals surface area contributed by atoms with Crippen LogP contribution in [0, 0.1) is 13.8 Å². The Balaban J connectivity index is 1.64. The second kappa shape index (κ2) is 8.17. The van der Waals surface area contributed by atoms with Gasteiger partial charge in [-0.3, -0.25) is 4.79 Å². The largest absolute Gasteiger partial charge is 0.370 e. The highest BCUT2D eigenvalue weighted by Crippen LogP contribution is 2.24. The van der Waals surface area contributed by atoms with E-state index in [2.05, 4.69) is 59.2 Å². The molecule has 1 amide bonds. The fourth-order valence-corrected chi connectivity index (χ4v) is 3.21. The SMILES string of the molecule is CCCNc1cc(C(=O)N2CCN(c3cccc(C)c3C)CC2)ncn1. The lowest BCUT2D eigenvalue weighted by Gasteiger charge is -2.37. The molecule has 1 N–H and O–H groups in total. The summed E-state index contributed by atoms with van der Waals surface area (Å²) < 4.78 is 0. The number of aryl methyl sites for hydroxylation is 1. The van der Waals surface area contributed by atoms with Crippen molar-refractivity contribution in [1.29, 1.82) is 0 Å². The van der Waals surface area contributed by atoms with Crippen molar-refractivity contribution in [3.8, 4) is 0 Å². The van der Waals surface area contributed by atoms with Gasteiger partial charge in [0.1, 0.15) is 17.8 Å². The predicted octanol–water partition coefficient (Wildman–Crippen LogP) is 2.88. The Labute approximate surface area is 155 Å². The van der Waals surface area contributed by atoms with Crippen LogP contribution in [-0.2, 0) is 0 Å². The highest BCUT2D eigenvalue weighted by molar-refractivity contribution is 5.93. The second-order valence-electron chi connectivity index (χ2n) is 6.71. The van der Waals surface area contributed by atoms with Crippen LogP contribution in [0.15, 0.2) is 30.6 Å². The highest BCUT2D eigenvalue weighted by atomic mass is 16.2. The minimum absolute atomic E-state index is 0.0208. The molecule has 26 heavy (non-hydrogen) atoms. The Morgan fingerprint density at radius 1 is 1.15 bits per heavy atom. The zero-order valence-electron chi connectivity index (χ0n) is 15.8. The van der Waals surface area contributed by atoms with Crippen LogP contribution in [0.2, 0.25) is 0 Å². The molecule has 6 heteroatoms. The van der Waals surface area contributed by atoms with E-state index in [-0.39, 0.29) is 5.91 Å². The molecule has 3 rings (SSSR count). The van der Waals surface area contributed by atoms with Crippen molar-refractivity contribution in [3.05, 3.63) is 47.4 Å². The maximum atomic E-state index is 12.8. The summed E-state index contributed by atoms with van der Waals surface area (Å²) in [6, 6.07) is 8.14. The van der Waals surface area contributed by atoms with E-state index < -0.39 is 0 Å². The Kier molecular flexibility index (Phi) is 5.71. The van der Waals surface area contributed by atoms with E-state index >= 15 is 0 Å². The fourth-order valence-electron chi connectivity index (χ4n) is 3.21. The maximum absolute atomic E-state index is 12.8. The number of hydrogen-bond acceptors (Lipinski definition) is 5. The number of piperazine rings is 1. The van der Waals surface area contributed by atoms with E-state index in [1.165, 1.54) is 23.1 Å². The molecule has 1 aromatic carbocycles. The summed E-state index contributed by atoms with van der Waals surface area (Å²) in [6.07, 6.45) is 2.46. The first-order valence-corrected chi connectivity index (χ1v) is 9.26. The van der Waals surface area contributed by atoms with Crippen LogP contribution in [0.3, 0.4) is 0 Å². The standard InChI is InChI=1S/C20H27N5O/c1-4-8-21-19-13-17(22-14-23-19)20(26)25-11-9-24(10-12-25)18-7-5-6-15(2)16(18)3/h5-7,13-14H,4,8-12H2,1-3H3,(H,21,22,23). The van der Waals surface area contributed by atoms with Gasteiger partial charge in [0.15, 0.2) is 0 Å². The van der Waals surface area contributed by atoms with Crippen LogP contribution in [0.25, 0.3) is 0 Å². The maximum Gasteiger partial charge on any atom is 0.272 e. The lowest BCUT2D eigenvalue weighted by molar-refractivity contribution is 0.0740. The van der Waals surface area contributed by atoms with Crippen molar-refractivity contribution in [3.63, 3.8) is 0 Å². The molecular weight excluding hydrogens is 326 g/mol. The van der Waals surface area contributed by atoms with Gasteiger partial charge in [0.2, 0.25) is 0 Å². The number of carbonyl (C=O) groups is 1. The van der Waals surface area contributed by atoms with E-state index in [1.54, 1.807) is 6.07 Å². The average molecular weight is 353 g/mol. The van der Waals surface area contributed by atoms with E-state index in [9.17, 15) is 4.79 Å². The Bertz CT molecular complexity index is 769. The summed E-state index contributed by atoms with van der Waals surface area (Å²) in [5.74, 6) is 0.687. The molecule has 138 valence electrons. The number of rotatable bonds is 5. The highest BCUT2D eigenvalue weighted by Gasteiger charge is 2.24. The third-order valence-electron chi connectivity index (χ3n) is 4.93. The number of benzene rings is 1. The number of anilines is 2. The normalized spacial score (nSPS) is 14.4. The molecule has 1 saturated heterocycles. The Hall–Kier alpha value is -2.63. The van der Waals surface area contributed by atoms with Gasteiger partial charge in [-0.15, -0.1) is 0 Å². The second-order valence-corrected chi connectivity index (χ2v) is 6.71. The van der Waals surface area contributed by atoms with Gasteiger partial charge in [-0.05, 0) is 37.5 Å². The van der Waals surface area contributed by atoms with Gasteiger partial charge in [0.25, 0.3) is 5.91 Å². The molecule has 0 bridgehead atoms. The lowest BCUT2D eigenvalue weighted by atomic mass is 10.1. The van der Waals surface area contributed by atoms with Crippen LogP contribution in [0.1, 0.15) is 35.0 Å². The van der Waals surface area contributed by atoms with Gasteiger partial charge in [-0.1, -0.05) is 19.1 Å². The molecule has 0 saturated carbocycles. The smallest absolute Gasteiger partial charge is 0.272 e. The van der Waals surface area contributed by atoms with Crippen molar-refractivity contribution in [1.82, 2.24) is 14.9 Å². The zero-order valence-corrected chi connectivity index (χ0v) is 15.8. The van der Waals surface area contributed by atoms with Crippen molar-refractivity contribution < 1.29 is 4.79 Å². The van der Waals surface area contributed by atoms with Crippen LogP contribution in [-0.4, -0.2) is 53.5 Å². The topological polar surface area (TPSA) is 61.4 Å². The summed E-state index contributed by atoms with van der Waals surface area (Å²) in [5, 5.41) is 3.20. The van der Waals surface area contributed by atoms with Crippen molar-refractivity contribution in [2.45, 2.75) is 27.2 Å². The molecule has 0 spiro atoms. The molecule has 0 radical (unpaired) electrons. The summed E-state index contributed by atoms with van der Waals surface area (Å²) >= 11 is 0. The van der Waals surface area contributed by atoms with Gasteiger partial charge >= 0.3 is 0 Å².